The molecule has 0 saturated carbocycles. The van der Waals surface area contributed by atoms with Gasteiger partial charge in [-0.1, -0.05) is 12.8 Å². The lowest BCUT2D eigenvalue weighted by Gasteiger charge is -2.27. The van der Waals surface area contributed by atoms with Gasteiger partial charge in [-0.3, -0.25) is 0 Å². The van der Waals surface area contributed by atoms with Crippen molar-refractivity contribution < 1.29 is 19.7 Å². The highest BCUT2D eigenvalue weighted by molar-refractivity contribution is 5.67. The highest BCUT2D eigenvalue weighted by Crippen LogP contribution is 2.16. The fourth-order valence-corrected chi connectivity index (χ4v) is 3.25. The predicted octanol–water partition coefficient (Wildman–Crippen LogP) is 2.80. The first-order valence-electron chi connectivity index (χ1n) is 11.4. The van der Waals surface area contributed by atoms with E-state index in [1.807, 2.05) is 33.1 Å². The van der Waals surface area contributed by atoms with Gasteiger partial charge in [0.15, 0.2) is 0 Å². The average Bonchev–Trinajstić information content (AvgIpc) is 2.66. The second kappa shape index (κ2) is 19.1. The summed E-state index contributed by atoms with van der Waals surface area (Å²) in [6, 6.07) is 0. The zero-order chi connectivity index (χ0) is 21.9. The van der Waals surface area contributed by atoms with Crippen molar-refractivity contribution in [2.45, 2.75) is 70.3 Å². The van der Waals surface area contributed by atoms with Gasteiger partial charge in [0, 0.05) is 26.3 Å². The standard InChI is InChI=1S/C22H47N3O4/c1-23(2)15-11-17-25(18-12-16-24(3)4)22(28)29-21(13-7-5-9-19-26)14-8-6-10-20-27/h21,26-27H,5-20H2,1-4H3. The number of unbranched alkanes of at least 4 members (excludes halogenated alkanes) is 4. The predicted molar refractivity (Wildman–Crippen MR) is 119 cm³/mol. The minimum atomic E-state index is -0.197. The van der Waals surface area contributed by atoms with E-state index in [-0.39, 0.29) is 25.4 Å². The normalized spacial score (nSPS) is 11.6. The van der Waals surface area contributed by atoms with Gasteiger partial charge in [-0.05, 0) is 92.6 Å². The number of rotatable bonds is 19. The first kappa shape index (κ1) is 28.1. The molecule has 0 aromatic heterocycles. The summed E-state index contributed by atoms with van der Waals surface area (Å²) in [7, 11) is 8.18. The van der Waals surface area contributed by atoms with Gasteiger partial charge < -0.3 is 29.6 Å². The van der Waals surface area contributed by atoms with Crippen molar-refractivity contribution in [1.29, 1.82) is 0 Å². The summed E-state index contributed by atoms with van der Waals surface area (Å²) < 4.78 is 5.92. The van der Waals surface area contributed by atoms with E-state index in [0.717, 1.165) is 77.3 Å². The third-order valence-corrected chi connectivity index (χ3v) is 4.96. The van der Waals surface area contributed by atoms with Crippen molar-refractivity contribution >= 4 is 6.09 Å². The third-order valence-electron chi connectivity index (χ3n) is 4.96. The molecule has 7 nitrogen and oxygen atoms in total. The van der Waals surface area contributed by atoms with Gasteiger partial charge in [0.05, 0.1) is 0 Å². The number of hydrogen-bond donors (Lipinski definition) is 2. The van der Waals surface area contributed by atoms with Crippen molar-refractivity contribution in [3.8, 4) is 0 Å². The molecule has 29 heavy (non-hydrogen) atoms. The van der Waals surface area contributed by atoms with E-state index in [1.165, 1.54) is 0 Å². The van der Waals surface area contributed by atoms with Crippen LogP contribution >= 0.6 is 0 Å². The number of hydrogen-bond acceptors (Lipinski definition) is 6. The molecule has 1 amide bonds. The van der Waals surface area contributed by atoms with Gasteiger partial charge in [-0.15, -0.1) is 0 Å². The van der Waals surface area contributed by atoms with Crippen LogP contribution in [0.4, 0.5) is 4.79 Å². The number of carbonyl (C=O) groups is 1. The zero-order valence-electron chi connectivity index (χ0n) is 19.4. The summed E-state index contributed by atoms with van der Waals surface area (Å²) >= 11 is 0. The Morgan fingerprint density at radius 3 is 1.52 bits per heavy atom. The molecule has 0 spiro atoms. The van der Waals surface area contributed by atoms with Crippen LogP contribution in [-0.4, -0.2) is 105 Å². The summed E-state index contributed by atoms with van der Waals surface area (Å²) in [6.45, 7) is 3.75. The summed E-state index contributed by atoms with van der Waals surface area (Å²) in [6.07, 6.45) is 8.69. The molecule has 0 aliphatic carbocycles. The number of carbonyl (C=O) groups excluding carboxylic acids is 1. The van der Waals surface area contributed by atoms with Crippen LogP contribution in [0.2, 0.25) is 0 Å². The Bertz CT molecular complexity index is 355. The SMILES string of the molecule is CN(C)CCCN(CCCN(C)C)C(=O)OC(CCCCCO)CCCCCO. The van der Waals surface area contributed by atoms with E-state index in [0.29, 0.717) is 13.1 Å². The number of nitrogens with zero attached hydrogens (tertiary/aromatic N) is 3. The van der Waals surface area contributed by atoms with E-state index in [9.17, 15) is 4.79 Å². The number of aliphatic hydroxyl groups excluding tert-OH is 2. The van der Waals surface area contributed by atoms with Crippen LogP contribution in [0.15, 0.2) is 0 Å². The Labute approximate surface area is 179 Å². The van der Waals surface area contributed by atoms with Crippen molar-refractivity contribution in [2.75, 3.05) is 67.6 Å². The molecule has 0 bridgehead atoms. The molecule has 0 atom stereocenters. The first-order valence-corrected chi connectivity index (χ1v) is 11.4. The summed E-state index contributed by atoms with van der Waals surface area (Å²) in [5.41, 5.74) is 0. The van der Waals surface area contributed by atoms with E-state index >= 15 is 0 Å². The quantitative estimate of drug-likeness (QED) is 0.315. The Kier molecular flexibility index (Phi) is 18.5. The molecule has 0 rings (SSSR count). The minimum Gasteiger partial charge on any atom is -0.446 e. The molecular weight excluding hydrogens is 370 g/mol. The van der Waals surface area contributed by atoms with Gasteiger partial charge in [0.25, 0.3) is 0 Å². The molecular formula is C22H47N3O4. The lowest BCUT2D eigenvalue weighted by Crippen LogP contribution is -2.37. The van der Waals surface area contributed by atoms with Gasteiger partial charge in [0.2, 0.25) is 0 Å². The first-order chi connectivity index (χ1) is 13.9. The fourth-order valence-electron chi connectivity index (χ4n) is 3.25. The van der Waals surface area contributed by atoms with Crippen molar-refractivity contribution in [3.05, 3.63) is 0 Å². The number of ether oxygens (including phenoxy) is 1. The molecule has 0 aliphatic heterocycles. The smallest absolute Gasteiger partial charge is 0.410 e. The van der Waals surface area contributed by atoms with Gasteiger partial charge in [-0.2, -0.15) is 0 Å². The largest absolute Gasteiger partial charge is 0.446 e. The van der Waals surface area contributed by atoms with E-state index in [1.54, 1.807) is 0 Å². The molecule has 2 N–H and O–H groups in total. The van der Waals surface area contributed by atoms with E-state index in [2.05, 4.69) is 9.80 Å². The average molecular weight is 418 g/mol. The summed E-state index contributed by atoms with van der Waals surface area (Å²) in [5.74, 6) is 0. The van der Waals surface area contributed by atoms with E-state index < -0.39 is 0 Å². The zero-order valence-corrected chi connectivity index (χ0v) is 19.4. The monoisotopic (exact) mass is 417 g/mol. The van der Waals surface area contributed by atoms with Crippen LogP contribution in [0.5, 0.6) is 0 Å². The highest BCUT2D eigenvalue weighted by atomic mass is 16.6. The van der Waals surface area contributed by atoms with Crippen molar-refractivity contribution in [2.24, 2.45) is 0 Å². The number of aliphatic hydroxyl groups is 2. The number of amides is 1. The molecule has 0 aromatic carbocycles. The Balaban J connectivity index is 4.69. The van der Waals surface area contributed by atoms with Crippen LogP contribution in [0.25, 0.3) is 0 Å². The Morgan fingerprint density at radius 1 is 0.690 bits per heavy atom. The molecule has 0 unspecified atom stereocenters. The Morgan fingerprint density at radius 2 is 1.14 bits per heavy atom. The van der Waals surface area contributed by atoms with Gasteiger partial charge >= 0.3 is 6.09 Å². The minimum absolute atomic E-state index is 0.0786. The van der Waals surface area contributed by atoms with Crippen LogP contribution in [0.1, 0.15) is 64.2 Å². The molecule has 7 heteroatoms. The third kappa shape index (κ3) is 17.7. The van der Waals surface area contributed by atoms with Crippen LogP contribution in [-0.2, 0) is 4.74 Å². The maximum atomic E-state index is 12.9. The van der Waals surface area contributed by atoms with Gasteiger partial charge in [0.1, 0.15) is 6.10 Å². The van der Waals surface area contributed by atoms with Crippen LogP contribution in [0.3, 0.4) is 0 Å². The lowest BCUT2D eigenvalue weighted by molar-refractivity contribution is 0.0507. The van der Waals surface area contributed by atoms with Crippen LogP contribution < -0.4 is 0 Å². The van der Waals surface area contributed by atoms with Crippen molar-refractivity contribution in [1.82, 2.24) is 14.7 Å². The molecule has 0 radical (unpaired) electrons. The van der Waals surface area contributed by atoms with E-state index in [4.69, 9.17) is 14.9 Å². The van der Waals surface area contributed by atoms with Crippen LogP contribution in [0, 0.1) is 0 Å². The lowest BCUT2D eigenvalue weighted by atomic mass is 10.0. The molecule has 0 fully saturated rings. The highest BCUT2D eigenvalue weighted by Gasteiger charge is 2.20. The fraction of sp³-hybridized carbons (Fsp3) is 0.955. The summed E-state index contributed by atoms with van der Waals surface area (Å²) in [5, 5.41) is 17.9. The molecule has 174 valence electrons. The maximum Gasteiger partial charge on any atom is 0.410 e. The maximum absolute atomic E-state index is 12.9. The Hall–Kier alpha value is -0.890. The molecule has 0 aliphatic rings. The molecule has 0 heterocycles. The molecule has 0 saturated heterocycles. The topological polar surface area (TPSA) is 76.5 Å². The second-order valence-corrected chi connectivity index (χ2v) is 8.45. The molecule has 0 aromatic rings. The second-order valence-electron chi connectivity index (χ2n) is 8.45. The van der Waals surface area contributed by atoms with Crippen molar-refractivity contribution in [3.63, 3.8) is 0 Å². The van der Waals surface area contributed by atoms with Gasteiger partial charge in [-0.25, -0.2) is 4.79 Å². The summed E-state index contributed by atoms with van der Waals surface area (Å²) in [4.78, 5) is 19.0.